The predicted molar refractivity (Wildman–Crippen MR) is 64.2 cm³/mol. The Morgan fingerprint density at radius 3 is 3.00 bits per heavy atom. The van der Waals surface area contributed by atoms with Crippen molar-refractivity contribution < 1.29 is 5.11 Å². The van der Waals surface area contributed by atoms with Gasteiger partial charge in [-0.1, -0.05) is 17.7 Å². The van der Waals surface area contributed by atoms with Gasteiger partial charge in [0.2, 0.25) is 5.43 Å². The average molecular weight is 215 g/mol. The van der Waals surface area contributed by atoms with Crippen LogP contribution in [0.5, 0.6) is 5.75 Å². The second kappa shape index (κ2) is 4.23. The Labute approximate surface area is 93.7 Å². The lowest BCUT2D eigenvalue weighted by Gasteiger charge is -2.07. The topological polar surface area (TPSA) is 42.2 Å². The Kier molecular flexibility index (Phi) is 2.77. The molecule has 2 rings (SSSR count). The largest absolute Gasteiger partial charge is 0.503 e. The first-order valence-corrected chi connectivity index (χ1v) is 5.12. The molecule has 0 aromatic carbocycles. The van der Waals surface area contributed by atoms with Gasteiger partial charge in [0.25, 0.3) is 0 Å². The van der Waals surface area contributed by atoms with E-state index in [4.69, 9.17) is 0 Å². The van der Waals surface area contributed by atoms with E-state index in [9.17, 15) is 9.90 Å². The summed E-state index contributed by atoms with van der Waals surface area (Å²) in [6, 6.07) is 1.36. The average Bonchev–Trinajstić information content (AvgIpc) is 2.47. The maximum atomic E-state index is 11.1. The number of aromatic nitrogens is 1. The van der Waals surface area contributed by atoms with Gasteiger partial charge in [-0.2, -0.15) is 0 Å². The van der Waals surface area contributed by atoms with Crippen molar-refractivity contribution in [2.45, 2.75) is 13.3 Å². The number of hydrogen-bond acceptors (Lipinski definition) is 2. The van der Waals surface area contributed by atoms with Crippen LogP contribution in [0.25, 0.3) is 5.70 Å². The highest BCUT2D eigenvalue weighted by Crippen LogP contribution is 2.16. The van der Waals surface area contributed by atoms with Gasteiger partial charge in [0.05, 0.1) is 6.20 Å². The summed E-state index contributed by atoms with van der Waals surface area (Å²) in [4.78, 5) is 11.1. The van der Waals surface area contributed by atoms with E-state index in [1.807, 2.05) is 25.2 Å². The molecule has 0 radical (unpaired) electrons. The van der Waals surface area contributed by atoms with Gasteiger partial charge in [0, 0.05) is 18.0 Å². The Morgan fingerprint density at radius 2 is 2.25 bits per heavy atom. The van der Waals surface area contributed by atoms with Crippen molar-refractivity contribution in [3.05, 3.63) is 58.6 Å². The van der Waals surface area contributed by atoms with Gasteiger partial charge in [-0.05, 0) is 25.5 Å². The van der Waals surface area contributed by atoms with Crippen molar-refractivity contribution >= 4 is 5.70 Å². The summed E-state index contributed by atoms with van der Waals surface area (Å²) in [5, 5.41) is 9.37. The molecule has 3 nitrogen and oxygen atoms in total. The van der Waals surface area contributed by atoms with E-state index >= 15 is 0 Å². The molecule has 16 heavy (non-hydrogen) atoms. The lowest BCUT2D eigenvalue weighted by atomic mass is 10.2. The van der Waals surface area contributed by atoms with Crippen LogP contribution in [0.4, 0.5) is 0 Å². The highest BCUT2D eigenvalue weighted by Gasteiger charge is 2.01. The molecule has 1 aliphatic carbocycles. The van der Waals surface area contributed by atoms with Crippen LogP contribution in [0.1, 0.15) is 13.3 Å². The lowest BCUT2D eigenvalue weighted by Crippen LogP contribution is -2.03. The number of pyridine rings is 1. The van der Waals surface area contributed by atoms with E-state index < -0.39 is 0 Å². The van der Waals surface area contributed by atoms with Gasteiger partial charge in [0.1, 0.15) is 0 Å². The Hall–Kier alpha value is -2.03. The van der Waals surface area contributed by atoms with Gasteiger partial charge in [-0.3, -0.25) is 4.79 Å². The van der Waals surface area contributed by atoms with Crippen LogP contribution in [0.15, 0.2) is 53.1 Å². The predicted octanol–water partition coefficient (Wildman–Crippen LogP) is 2.30. The molecule has 0 fully saturated rings. The van der Waals surface area contributed by atoms with Gasteiger partial charge in [0.15, 0.2) is 5.75 Å². The molecular formula is C13H13NO2. The molecule has 1 aromatic heterocycles. The zero-order chi connectivity index (χ0) is 11.5. The van der Waals surface area contributed by atoms with Crippen LogP contribution in [-0.2, 0) is 0 Å². The fourth-order valence-electron chi connectivity index (χ4n) is 1.57. The second-order valence-electron chi connectivity index (χ2n) is 3.82. The van der Waals surface area contributed by atoms with Crippen molar-refractivity contribution in [1.82, 2.24) is 4.57 Å². The third-order valence-electron chi connectivity index (χ3n) is 2.44. The van der Waals surface area contributed by atoms with E-state index in [0.717, 1.165) is 12.1 Å². The second-order valence-corrected chi connectivity index (χ2v) is 3.82. The molecule has 82 valence electrons. The number of rotatable bonds is 1. The summed E-state index contributed by atoms with van der Waals surface area (Å²) in [6.07, 6.45) is 12.0. The summed E-state index contributed by atoms with van der Waals surface area (Å²) in [5.41, 5.74) is 1.81. The molecule has 0 saturated heterocycles. The summed E-state index contributed by atoms with van der Waals surface area (Å²) < 4.78 is 1.73. The SMILES string of the molecule is CC1=CC(n2ccc(=O)c(O)c2)=CC=CC1. The molecule has 0 aliphatic heterocycles. The fourth-order valence-corrected chi connectivity index (χ4v) is 1.57. The standard InChI is InChI=1S/C13H13NO2/c1-10-4-2-3-5-11(8-10)14-7-6-12(15)13(16)9-14/h2-3,5-9,16H,4H2,1H3. The zero-order valence-corrected chi connectivity index (χ0v) is 9.05. The van der Waals surface area contributed by atoms with E-state index in [-0.39, 0.29) is 11.2 Å². The minimum atomic E-state index is -0.360. The van der Waals surface area contributed by atoms with E-state index in [1.54, 1.807) is 10.8 Å². The van der Waals surface area contributed by atoms with Crippen molar-refractivity contribution in [3.8, 4) is 5.75 Å². The Balaban J connectivity index is 2.48. The summed E-state index contributed by atoms with van der Waals surface area (Å²) in [6.45, 7) is 2.05. The first-order valence-electron chi connectivity index (χ1n) is 5.12. The van der Waals surface area contributed by atoms with E-state index in [0.29, 0.717) is 0 Å². The van der Waals surface area contributed by atoms with E-state index in [2.05, 4.69) is 6.08 Å². The van der Waals surface area contributed by atoms with Crippen molar-refractivity contribution in [2.75, 3.05) is 0 Å². The molecule has 1 N–H and O–H groups in total. The molecule has 0 amide bonds. The van der Waals surface area contributed by atoms with Crippen LogP contribution in [0.3, 0.4) is 0 Å². The number of allylic oxidation sites excluding steroid dienone is 6. The minimum absolute atomic E-state index is 0.234. The van der Waals surface area contributed by atoms with Crippen LogP contribution >= 0.6 is 0 Å². The quantitative estimate of drug-likeness (QED) is 0.781. The third-order valence-corrected chi connectivity index (χ3v) is 2.44. The molecule has 1 aromatic rings. The lowest BCUT2D eigenvalue weighted by molar-refractivity contribution is 0.465. The molecule has 0 unspecified atom stereocenters. The van der Waals surface area contributed by atoms with Crippen LogP contribution in [-0.4, -0.2) is 9.67 Å². The van der Waals surface area contributed by atoms with Gasteiger partial charge in [-0.15, -0.1) is 0 Å². The molecule has 0 saturated carbocycles. The molecular weight excluding hydrogens is 202 g/mol. The molecule has 0 spiro atoms. The van der Waals surface area contributed by atoms with E-state index in [1.165, 1.54) is 17.8 Å². The highest BCUT2D eigenvalue weighted by atomic mass is 16.3. The molecule has 0 atom stereocenters. The summed E-state index contributed by atoms with van der Waals surface area (Å²) >= 11 is 0. The normalized spacial score (nSPS) is 15.3. The number of nitrogens with zero attached hydrogens (tertiary/aromatic N) is 1. The maximum Gasteiger partial charge on any atom is 0.223 e. The molecule has 1 heterocycles. The van der Waals surface area contributed by atoms with Crippen molar-refractivity contribution in [2.24, 2.45) is 0 Å². The van der Waals surface area contributed by atoms with Crippen LogP contribution < -0.4 is 5.43 Å². The monoisotopic (exact) mass is 215 g/mol. The van der Waals surface area contributed by atoms with Crippen LogP contribution in [0.2, 0.25) is 0 Å². The van der Waals surface area contributed by atoms with Gasteiger partial charge < -0.3 is 9.67 Å². The van der Waals surface area contributed by atoms with Gasteiger partial charge in [-0.25, -0.2) is 0 Å². The zero-order valence-electron chi connectivity index (χ0n) is 9.05. The van der Waals surface area contributed by atoms with Crippen molar-refractivity contribution in [1.29, 1.82) is 0 Å². The first-order chi connectivity index (χ1) is 7.66. The number of aromatic hydroxyl groups is 1. The Morgan fingerprint density at radius 1 is 1.44 bits per heavy atom. The van der Waals surface area contributed by atoms with Gasteiger partial charge >= 0.3 is 0 Å². The maximum absolute atomic E-state index is 11.1. The smallest absolute Gasteiger partial charge is 0.223 e. The summed E-state index contributed by atoms with van der Waals surface area (Å²) in [5.74, 6) is -0.234. The molecule has 0 bridgehead atoms. The molecule has 1 aliphatic rings. The highest BCUT2D eigenvalue weighted by molar-refractivity contribution is 5.61. The molecule has 3 heteroatoms. The fraction of sp³-hybridized carbons (Fsp3) is 0.154. The summed E-state index contributed by atoms with van der Waals surface area (Å²) in [7, 11) is 0. The van der Waals surface area contributed by atoms with Crippen molar-refractivity contribution in [3.63, 3.8) is 0 Å². The third kappa shape index (κ3) is 2.14. The minimum Gasteiger partial charge on any atom is -0.503 e. The first kappa shape index (κ1) is 10.5. The Bertz CT molecular complexity index is 547. The van der Waals surface area contributed by atoms with Crippen LogP contribution in [0, 0.1) is 0 Å². The number of hydrogen-bond donors (Lipinski definition) is 1.